The molecule has 3 atom stereocenters. The fraction of sp³-hybridized carbons (Fsp3) is 0.500. The molecule has 1 aliphatic heterocycles. The van der Waals surface area contributed by atoms with Gasteiger partial charge >= 0.3 is 0 Å². The number of aliphatic hydroxyl groups is 1. The van der Waals surface area contributed by atoms with Crippen LogP contribution >= 0.6 is 0 Å². The van der Waals surface area contributed by atoms with Crippen molar-refractivity contribution in [3.63, 3.8) is 0 Å². The predicted molar refractivity (Wildman–Crippen MR) is 65.7 cm³/mol. The van der Waals surface area contributed by atoms with Crippen molar-refractivity contribution >= 4 is 5.71 Å². The largest absolute Gasteiger partial charge is 0.389 e. The van der Waals surface area contributed by atoms with E-state index in [1.54, 1.807) is 0 Å². The number of hydrogen-bond acceptors (Lipinski definition) is 3. The minimum Gasteiger partial charge on any atom is -0.389 e. The van der Waals surface area contributed by atoms with Gasteiger partial charge in [0.2, 0.25) is 0 Å². The molecule has 0 bridgehead atoms. The van der Waals surface area contributed by atoms with Crippen LogP contribution in [0.3, 0.4) is 0 Å². The van der Waals surface area contributed by atoms with Gasteiger partial charge in [0.15, 0.2) is 6.10 Å². The molecule has 1 heterocycles. The SMILES string of the molecule is CC1(C)CC1[C@@H]1ON=C(c2ccccc2)[C@H]1O. The highest BCUT2D eigenvalue weighted by Crippen LogP contribution is 2.55. The van der Waals surface area contributed by atoms with Gasteiger partial charge in [0.1, 0.15) is 11.8 Å². The summed E-state index contributed by atoms with van der Waals surface area (Å²) < 4.78 is 0. The summed E-state index contributed by atoms with van der Waals surface area (Å²) in [6.07, 6.45) is 0.344. The van der Waals surface area contributed by atoms with Gasteiger partial charge in [-0.25, -0.2) is 0 Å². The lowest BCUT2D eigenvalue weighted by atomic mass is 9.96. The van der Waals surface area contributed by atoms with Gasteiger partial charge in [-0.3, -0.25) is 0 Å². The first-order chi connectivity index (χ1) is 8.09. The van der Waals surface area contributed by atoms with Crippen molar-refractivity contribution in [3.05, 3.63) is 35.9 Å². The molecule has 3 nitrogen and oxygen atoms in total. The molecule has 1 N–H and O–H groups in total. The summed E-state index contributed by atoms with van der Waals surface area (Å²) in [4.78, 5) is 5.43. The van der Waals surface area contributed by atoms with Crippen LogP contribution in [0.15, 0.2) is 35.5 Å². The summed E-state index contributed by atoms with van der Waals surface area (Å²) in [5, 5.41) is 14.4. The maximum Gasteiger partial charge on any atom is 0.162 e. The van der Waals surface area contributed by atoms with E-state index in [9.17, 15) is 5.11 Å². The van der Waals surface area contributed by atoms with E-state index >= 15 is 0 Å². The van der Waals surface area contributed by atoms with Crippen LogP contribution in [-0.2, 0) is 4.84 Å². The third-order valence-electron chi connectivity index (χ3n) is 3.92. The Bertz CT molecular complexity index is 453. The van der Waals surface area contributed by atoms with Crippen LogP contribution in [0.5, 0.6) is 0 Å². The summed E-state index contributed by atoms with van der Waals surface area (Å²) in [5.74, 6) is 0.419. The van der Waals surface area contributed by atoms with E-state index in [0.717, 1.165) is 12.0 Å². The maximum atomic E-state index is 10.3. The fourth-order valence-electron chi connectivity index (χ4n) is 2.58. The van der Waals surface area contributed by atoms with Crippen molar-refractivity contribution in [1.29, 1.82) is 0 Å². The molecule has 0 spiro atoms. The van der Waals surface area contributed by atoms with Crippen LogP contribution in [0.4, 0.5) is 0 Å². The third kappa shape index (κ3) is 1.75. The number of nitrogens with zero attached hydrogens (tertiary/aromatic N) is 1. The first kappa shape index (κ1) is 10.8. The Morgan fingerprint density at radius 1 is 1.29 bits per heavy atom. The van der Waals surface area contributed by atoms with Crippen molar-refractivity contribution in [1.82, 2.24) is 0 Å². The maximum absolute atomic E-state index is 10.3. The Morgan fingerprint density at radius 3 is 2.53 bits per heavy atom. The van der Waals surface area contributed by atoms with Crippen molar-refractivity contribution in [3.8, 4) is 0 Å². The molecule has 3 rings (SSSR count). The highest BCUT2D eigenvalue weighted by Gasteiger charge is 2.56. The van der Waals surface area contributed by atoms with E-state index in [1.807, 2.05) is 30.3 Å². The smallest absolute Gasteiger partial charge is 0.162 e. The molecule has 17 heavy (non-hydrogen) atoms. The minimum absolute atomic E-state index is 0.166. The van der Waals surface area contributed by atoms with Crippen LogP contribution in [0.25, 0.3) is 0 Å². The van der Waals surface area contributed by atoms with E-state index in [2.05, 4.69) is 19.0 Å². The number of aliphatic hydroxyl groups excluding tert-OH is 1. The summed E-state index contributed by atoms with van der Waals surface area (Å²) >= 11 is 0. The number of hydrogen-bond donors (Lipinski definition) is 1. The van der Waals surface area contributed by atoms with Crippen molar-refractivity contribution in [2.24, 2.45) is 16.5 Å². The molecule has 90 valence electrons. The van der Waals surface area contributed by atoms with E-state index in [4.69, 9.17) is 4.84 Å². The summed E-state index contributed by atoms with van der Waals surface area (Å²) in [5.41, 5.74) is 1.90. The molecule has 2 aliphatic rings. The highest BCUT2D eigenvalue weighted by atomic mass is 16.7. The van der Waals surface area contributed by atoms with Crippen LogP contribution < -0.4 is 0 Å². The standard InChI is InChI=1S/C14H17NO2/c1-14(2)8-10(14)13-12(16)11(15-17-13)9-6-4-3-5-7-9/h3-7,10,12-13,16H,8H2,1-2H3/t10?,12-,13+/m1/s1. The average molecular weight is 231 g/mol. The predicted octanol–water partition coefficient (Wildman–Crippen LogP) is 2.20. The second-order valence-electron chi connectivity index (χ2n) is 5.66. The molecule has 0 aromatic heterocycles. The molecule has 1 aromatic carbocycles. The number of rotatable bonds is 2. The van der Waals surface area contributed by atoms with Gasteiger partial charge < -0.3 is 9.94 Å². The molecule has 1 unspecified atom stereocenters. The lowest BCUT2D eigenvalue weighted by Crippen LogP contribution is -2.32. The van der Waals surface area contributed by atoms with Gasteiger partial charge in [0, 0.05) is 11.5 Å². The molecule has 1 saturated carbocycles. The Morgan fingerprint density at radius 2 is 1.94 bits per heavy atom. The van der Waals surface area contributed by atoms with E-state index < -0.39 is 6.10 Å². The van der Waals surface area contributed by atoms with Crippen molar-refractivity contribution < 1.29 is 9.94 Å². The molecule has 0 radical (unpaired) electrons. The zero-order chi connectivity index (χ0) is 12.0. The zero-order valence-electron chi connectivity index (χ0n) is 10.1. The Balaban J connectivity index is 1.78. The highest BCUT2D eigenvalue weighted by molar-refractivity contribution is 6.04. The molecule has 3 heteroatoms. The Labute approximate surface area is 101 Å². The van der Waals surface area contributed by atoms with Crippen LogP contribution in [-0.4, -0.2) is 23.0 Å². The van der Waals surface area contributed by atoms with Crippen LogP contribution in [0, 0.1) is 11.3 Å². The molecular formula is C14H17NO2. The van der Waals surface area contributed by atoms with Gasteiger partial charge in [-0.1, -0.05) is 49.3 Å². The topological polar surface area (TPSA) is 41.8 Å². The minimum atomic E-state index is -0.593. The lowest BCUT2D eigenvalue weighted by molar-refractivity contribution is 0.000367. The normalized spacial score (nSPS) is 34.1. The summed E-state index contributed by atoms with van der Waals surface area (Å²) in [6.45, 7) is 4.41. The summed E-state index contributed by atoms with van der Waals surface area (Å²) in [7, 11) is 0. The zero-order valence-corrected chi connectivity index (χ0v) is 10.1. The lowest BCUT2D eigenvalue weighted by Gasteiger charge is -2.15. The van der Waals surface area contributed by atoms with Crippen LogP contribution in [0.1, 0.15) is 25.8 Å². The number of oxime groups is 1. The van der Waals surface area contributed by atoms with Gasteiger partial charge in [-0.2, -0.15) is 0 Å². The molecule has 1 fully saturated rings. The van der Waals surface area contributed by atoms with Gasteiger partial charge in [0.05, 0.1) is 0 Å². The second-order valence-corrected chi connectivity index (χ2v) is 5.66. The molecule has 0 amide bonds. The molecule has 1 aromatic rings. The molecule has 1 aliphatic carbocycles. The van der Waals surface area contributed by atoms with Crippen LogP contribution in [0.2, 0.25) is 0 Å². The summed E-state index contributed by atoms with van der Waals surface area (Å²) in [6, 6.07) is 9.74. The van der Waals surface area contributed by atoms with Gasteiger partial charge in [0.25, 0.3) is 0 Å². The third-order valence-corrected chi connectivity index (χ3v) is 3.92. The first-order valence-corrected chi connectivity index (χ1v) is 6.07. The van der Waals surface area contributed by atoms with Crippen molar-refractivity contribution in [2.45, 2.75) is 32.5 Å². The average Bonchev–Trinajstić information content (AvgIpc) is 2.78. The number of benzene rings is 1. The molecular weight excluding hydrogens is 214 g/mol. The first-order valence-electron chi connectivity index (χ1n) is 6.07. The van der Waals surface area contributed by atoms with Gasteiger partial charge in [-0.15, -0.1) is 0 Å². The fourth-order valence-corrected chi connectivity index (χ4v) is 2.58. The van der Waals surface area contributed by atoms with Crippen molar-refractivity contribution in [2.75, 3.05) is 0 Å². The van der Waals surface area contributed by atoms with E-state index in [-0.39, 0.29) is 11.5 Å². The van der Waals surface area contributed by atoms with E-state index in [1.165, 1.54) is 0 Å². The monoisotopic (exact) mass is 231 g/mol. The van der Waals surface area contributed by atoms with E-state index in [0.29, 0.717) is 11.6 Å². The Kier molecular flexibility index (Phi) is 2.26. The van der Waals surface area contributed by atoms with Gasteiger partial charge in [-0.05, 0) is 11.8 Å². The second kappa shape index (κ2) is 3.57. The Hall–Kier alpha value is -1.35. The quantitative estimate of drug-likeness (QED) is 0.847. The molecule has 0 saturated heterocycles.